The average molecular weight is 254 g/mol. The first-order valence-corrected chi connectivity index (χ1v) is 6.96. The summed E-state index contributed by atoms with van der Waals surface area (Å²) in [6.07, 6.45) is 3.94. The molecule has 0 spiro atoms. The molecule has 0 fully saturated rings. The van der Waals surface area contributed by atoms with Gasteiger partial charge in [-0.15, -0.1) is 0 Å². The Labute approximate surface area is 108 Å². The fourth-order valence-corrected chi connectivity index (χ4v) is 2.58. The quantitative estimate of drug-likeness (QED) is 0.847. The summed E-state index contributed by atoms with van der Waals surface area (Å²) in [7, 11) is 0. The molecule has 0 saturated carbocycles. The highest BCUT2D eigenvalue weighted by Gasteiger charge is 2.08. The van der Waals surface area contributed by atoms with Crippen LogP contribution in [0.1, 0.15) is 32.6 Å². The van der Waals surface area contributed by atoms with Crippen molar-refractivity contribution in [2.24, 2.45) is 5.92 Å². The number of anilines is 1. The van der Waals surface area contributed by atoms with Gasteiger partial charge in [-0.1, -0.05) is 25.2 Å². The van der Waals surface area contributed by atoms with E-state index in [2.05, 4.69) is 43.7 Å². The molecule has 4 heteroatoms. The van der Waals surface area contributed by atoms with E-state index in [0.717, 1.165) is 28.7 Å². The molecule has 0 saturated heterocycles. The Morgan fingerprint density at radius 1 is 1.47 bits per heavy atom. The molecule has 96 valence electrons. The molecular formula is C13H22N2OS. The monoisotopic (exact) mass is 254 g/mol. The third kappa shape index (κ3) is 3.82. The zero-order valence-electron chi connectivity index (χ0n) is 11.1. The van der Waals surface area contributed by atoms with Gasteiger partial charge in [-0.3, -0.25) is 0 Å². The van der Waals surface area contributed by atoms with Gasteiger partial charge in [0, 0.05) is 24.2 Å². The Morgan fingerprint density at radius 2 is 2.12 bits per heavy atom. The van der Waals surface area contributed by atoms with Crippen LogP contribution in [0.2, 0.25) is 0 Å². The summed E-state index contributed by atoms with van der Waals surface area (Å²) in [4.78, 5) is 7.77. The fraction of sp³-hybridized carbons (Fsp3) is 0.615. The molecule has 1 heterocycles. The second kappa shape index (κ2) is 6.77. The van der Waals surface area contributed by atoms with Crippen LogP contribution in [0.25, 0.3) is 6.08 Å². The normalized spacial score (nSPS) is 12.2. The van der Waals surface area contributed by atoms with Crippen LogP contribution in [-0.2, 0) is 0 Å². The lowest BCUT2D eigenvalue weighted by molar-refractivity contribution is 0.320. The van der Waals surface area contributed by atoms with Crippen molar-refractivity contribution in [3.63, 3.8) is 0 Å². The molecule has 0 bridgehead atoms. The van der Waals surface area contributed by atoms with Crippen molar-refractivity contribution in [3.05, 3.63) is 16.6 Å². The maximum Gasteiger partial charge on any atom is 0.185 e. The van der Waals surface area contributed by atoms with E-state index in [4.69, 9.17) is 0 Å². The van der Waals surface area contributed by atoms with E-state index in [1.807, 2.05) is 6.20 Å². The highest BCUT2D eigenvalue weighted by Crippen LogP contribution is 2.25. The minimum Gasteiger partial charge on any atom is -0.392 e. The van der Waals surface area contributed by atoms with E-state index in [0.29, 0.717) is 5.92 Å². The summed E-state index contributed by atoms with van der Waals surface area (Å²) in [6.45, 7) is 10.5. The van der Waals surface area contributed by atoms with Crippen LogP contribution in [0.15, 0.2) is 11.8 Å². The van der Waals surface area contributed by atoms with Crippen LogP contribution in [0.5, 0.6) is 0 Å². The first-order valence-electron chi connectivity index (χ1n) is 6.14. The zero-order chi connectivity index (χ0) is 12.8. The van der Waals surface area contributed by atoms with Gasteiger partial charge in [-0.25, -0.2) is 4.98 Å². The third-order valence-electron chi connectivity index (χ3n) is 2.80. The summed E-state index contributed by atoms with van der Waals surface area (Å²) in [5.41, 5.74) is 1.06. The Kier molecular flexibility index (Phi) is 5.65. The topological polar surface area (TPSA) is 36.4 Å². The van der Waals surface area contributed by atoms with Gasteiger partial charge in [0.05, 0.1) is 6.61 Å². The predicted octanol–water partition coefficient (Wildman–Crippen LogP) is 3.02. The lowest BCUT2D eigenvalue weighted by Gasteiger charge is -2.16. The molecule has 0 aliphatic heterocycles. The lowest BCUT2D eigenvalue weighted by atomic mass is 10.0. The van der Waals surface area contributed by atoms with Gasteiger partial charge < -0.3 is 10.0 Å². The van der Waals surface area contributed by atoms with E-state index < -0.39 is 0 Å². The molecule has 1 aromatic heterocycles. The van der Waals surface area contributed by atoms with Crippen molar-refractivity contribution in [1.29, 1.82) is 0 Å². The minimum atomic E-state index is 0.121. The second-order valence-corrected chi connectivity index (χ2v) is 5.29. The molecule has 0 amide bonds. The molecule has 3 nitrogen and oxygen atoms in total. The Morgan fingerprint density at radius 3 is 2.59 bits per heavy atom. The standard InChI is InChI=1S/C13H22N2OS/c1-5-15(6-2)13-14-8-12(17-13)7-11(9-16)10(3)4/h7-8,10,16H,5-6,9H2,1-4H3. The van der Waals surface area contributed by atoms with E-state index in [1.165, 1.54) is 0 Å². The molecule has 0 aromatic carbocycles. The van der Waals surface area contributed by atoms with Gasteiger partial charge in [0.25, 0.3) is 0 Å². The van der Waals surface area contributed by atoms with E-state index in [9.17, 15) is 5.11 Å². The summed E-state index contributed by atoms with van der Waals surface area (Å²) in [5, 5.41) is 10.3. The number of thiazole rings is 1. The number of hydrogen-bond acceptors (Lipinski definition) is 4. The van der Waals surface area contributed by atoms with Gasteiger partial charge in [0.1, 0.15) is 0 Å². The first kappa shape index (κ1) is 14.2. The Bertz CT molecular complexity index is 367. The third-order valence-corrected chi connectivity index (χ3v) is 3.80. The van der Waals surface area contributed by atoms with Crippen molar-refractivity contribution in [2.45, 2.75) is 27.7 Å². The highest BCUT2D eigenvalue weighted by molar-refractivity contribution is 7.16. The van der Waals surface area contributed by atoms with Gasteiger partial charge in [0.15, 0.2) is 5.13 Å². The number of nitrogens with zero attached hydrogens (tertiary/aromatic N) is 2. The maximum absolute atomic E-state index is 9.27. The average Bonchev–Trinajstić information content (AvgIpc) is 2.76. The molecular weight excluding hydrogens is 232 g/mol. The van der Waals surface area contributed by atoms with Crippen molar-refractivity contribution in [3.8, 4) is 0 Å². The maximum atomic E-state index is 9.27. The van der Waals surface area contributed by atoms with Crippen molar-refractivity contribution < 1.29 is 5.11 Å². The van der Waals surface area contributed by atoms with E-state index in [1.54, 1.807) is 11.3 Å². The number of hydrogen-bond donors (Lipinski definition) is 1. The summed E-state index contributed by atoms with van der Waals surface area (Å²) in [5.74, 6) is 0.374. The number of rotatable bonds is 6. The smallest absolute Gasteiger partial charge is 0.185 e. The summed E-state index contributed by atoms with van der Waals surface area (Å²) < 4.78 is 0. The molecule has 17 heavy (non-hydrogen) atoms. The molecule has 1 aromatic rings. The minimum absolute atomic E-state index is 0.121. The second-order valence-electron chi connectivity index (χ2n) is 4.25. The van der Waals surface area contributed by atoms with Crippen LogP contribution < -0.4 is 4.90 Å². The van der Waals surface area contributed by atoms with Gasteiger partial charge in [-0.05, 0) is 31.4 Å². The van der Waals surface area contributed by atoms with Gasteiger partial charge in [-0.2, -0.15) is 0 Å². The number of aliphatic hydroxyl groups excluding tert-OH is 1. The molecule has 0 aliphatic carbocycles. The van der Waals surface area contributed by atoms with E-state index >= 15 is 0 Å². The molecule has 1 N–H and O–H groups in total. The van der Waals surface area contributed by atoms with Crippen LogP contribution in [-0.4, -0.2) is 29.8 Å². The molecule has 0 atom stereocenters. The van der Waals surface area contributed by atoms with Crippen molar-refractivity contribution in [1.82, 2.24) is 4.98 Å². The number of aliphatic hydroxyl groups is 1. The first-order chi connectivity index (χ1) is 8.12. The summed E-state index contributed by atoms with van der Waals surface area (Å²) >= 11 is 1.68. The highest BCUT2D eigenvalue weighted by atomic mass is 32.1. The Hall–Kier alpha value is -0.870. The molecule has 1 rings (SSSR count). The largest absolute Gasteiger partial charge is 0.392 e. The number of aromatic nitrogens is 1. The molecule has 0 aliphatic rings. The fourth-order valence-electron chi connectivity index (χ4n) is 1.56. The SMILES string of the molecule is CCN(CC)c1ncc(C=C(CO)C(C)C)s1. The van der Waals surface area contributed by atoms with Crippen LogP contribution >= 0.6 is 11.3 Å². The van der Waals surface area contributed by atoms with Crippen LogP contribution in [0.3, 0.4) is 0 Å². The summed E-state index contributed by atoms with van der Waals surface area (Å²) in [6, 6.07) is 0. The predicted molar refractivity (Wildman–Crippen MR) is 75.6 cm³/mol. The van der Waals surface area contributed by atoms with E-state index in [-0.39, 0.29) is 6.61 Å². The van der Waals surface area contributed by atoms with Crippen LogP contribution in [0.4, 0.5) is 5.13 Å². The molecule has 0 radical (unpaired) electrons. The van der Waals surface area contributed by atoms with Gasteiger partial charge in [0.2, 0.25) is 0 Å². The zero-order valence-corrected chi connectivity index (χ0v) is 11.9. The van der Waals surface area contributed by atoms with Crippen molar-refractivity contribution >= 4 is 22.5 Å². The van der Waals surface area contributed by atoms with Crippen molar-refractivity contribution in [2.75, 3.05) is 24.6 Å². The lowest BCUT2D eigenvalue weighted by Crippen LogP contribution is -2.21. The van der Waals surface area contributed by atoms with Gasteiger partial charge >= 0.3 is 0 Å². The molecule has 0 unspecified atom stereocenters. The Balaban J connectivity index is 2.87. The van der Waals surface area contributed by atoms with Crippen LogP contribution in [0, 0.1) is 5.92 Å².